The molecule has 19 heavy (non-hydrogen) atoms. The molecule has 0 aliphatic heterocycles. The van der Waals surface area contributed by atoms with E-state index in [9.17, 15) is 8.78 Å². The van der Waals surface area contributed by atoms with Crippen molar-refractivity contribution in [2.75, 3.05) is 11.1 Å². The molecule has 3 N–H and O–H groups in total. The first kappa shape index (κ1) is 12.8. The van der Waals surface area contributed by atoms with E-state index in [1.807, 2.05) is 6.07 Å². The van der Waals surface area contributed by atoms with Crippen molar-refractivity contribution in [3.8, 4) is 6.07 Å². The van der Waals surface area contributed by atoms with Gasteiger partial charge in [0.1, 0.15) is 0 Å². The van der Waals surface area contributed by atoms with Crippen LogP contribution in [0.2, 0.25) is 0 Å². The smallest absolute Gasteiger partial charge is 0.182 e. The summed E-state index contributed by atoms with van der Waals surface area (Å²) in [5.41, 5.74) is 7.43. The van der Waals surface area contributed by atoms with E-state index < -0.39 is 11.6 Å². The average Bonchev–Trinajstić information content (AvgIpc) is 2.39. The van der Waals surface area contributed by atoms with Crippen LogP contribution in [-0.2, 0) is 6.42 Å². The monoisotopic (exact) mass is 259 g/mol. The second-order valence-corrected chi connectivity index (χ2v) is 3.97. The van der Waals surface area contributed by atoms with E-state index >= 15 is 0 Å². The number of hydrogen-bond acceptors (Lipinski definition) is 3. The molecule has 0 amide bonds. The minimum Gasteiger partial charge on any atom is -0.398 e. The Morgan fingerprint density at radius 2 is 2.00 bits per heavy atom. The number of rotatable bonds is 3. The predicted molar refractivity (Wildman–Crippen MR) is 69.8 cm³/mol. The van der Waals surface area contributed by atoms with Crippen LogP contribution in [0, 0.1) is 23.0 Å². The summed E-state index contributed by atoms with van der Waals surface area (Å²) in [6.45, 7) is 0. The molecule has 96 valence electrons. The molecule has 0 aliphatic carbocycles. The Bertz CT molecular complexity index is 648. The Hall–Kier alpha value is -2.61. The lowest BCUT2D eigenvalue weighted by Crippen LogP contribution is -1.99. The first-order valence-electron chi connectivity index (χ1n) is 5.58. The molecule has 0 spiro atoms. The fraction of sp³-hybridized carbons (Fsp3) is 0.0714. The van der Waals surface area contributed by atoms with E-state index in [0.717, 1.165) is 6.07 Å². The van der Waals surface area contributed by atoms with Crippen molar-refractivity contribution < 1.29 is 8.78 Å². The van der Waals surface area contributed by atoms with Crippen molar-refractivity contribution in [2.24, 2.45) is 0 Å². The summed E-state index contributed by atoms with van der Waals surface area (Å²) in [7, 11) is 0. The van der Waals surface area contributed by atoms with Crippen LogP contribution in [-0.4, -0.2) is 0 Å². The average molecular weight is 259 g/mol. The molecular formula is C14H11F2N3. The zero-order valence-corrected chi connectivity index (χ0v) is 9.95. The molecule has 0 unspecified atom stereocenters. The summed E-state index contributed by atoms with van der Waals surface area (Å²) in [6.07, 6.45) is 0.160. The molecule has 0 aliphatic rings. The molecule has 0 aromatic heterocycles. The third-order valence-corrected chi connectivity index (χ3v) is 2.64. The molecule has 5 heteroatoms. The van der Waals surface area contributed by atoms with E-state index in [-0.39, 0.29) is 12.1 Å². The Morgan fingerprint density at radius 3 is 2.74 bits per heavy atom. The molecule has 0 fully saturated rings. The number of nitrogen functional groups attached to an aromatic ring is 1. The van der Waals surface area contributed by atoms with Crippen molar-refractivity contribution in [1.82, 2.24) is 0 Å². The molecule has 0 atom stereocenters. The highest BCUT2D eigenvalue weighted by Gasteiger charge is 2.08. The number of nitrogens with zero attached hydrogens (tertiary/aromatic N) is 1. The number of anilines is 3. The number of nitrogens with two attached hydrogens (primary N) is 1. The maximum absolute atomic E-state index is 13.5. The van der Waals surface area contributed by atoms with E-state index in [2.05, 4.69) is 5.32 Å². The van der Waals surface area contributed by atoms with Gasteiger partial charge in [-0.3, -0.25) is 0 Å². The molecule has 0 bridgehead atoms. The normalized spacial score (nSPS) is 9.95. The van der Waals surface area contributed by atoms with Crippen molar-refractivity contribution in [3.05, 3.63) is 53.6 Å². The highest BCUT2D eigenvalue weighted by molar-refractivity contribution is 5.65. The first-order valence-corrected chi connectivity index (χ1v) is 5.58. The lowest BCUT2D eigenvalue weighted by atomic mass is 10.1. The Balaban J connectivity index is 2.31. The summed E-state index contributed by atoms with van der Waals surface area (Å²) in [5.74, 6) is -1.86. The van der Waals surface area contributed by atoms with Gasteiger partial charge in [0.05, 0.1) is 18.2 Å². The van der Waals surface area contributed by atoms with Gasteiger partial charge >= 0.3 is 0 Å². The topological polar surface area (TPSA) is 61.8 Å². The fourth-order valence-corrected chi connectivity index (χ4v) is 1.68. The Morgan fingerprint density at radius 1 is 1.21 bits per heavy atom. The molecule has 0 saturated carbocycles. The van der Waals surface area contributed by atoms with Gasteiger partial charge in [-0.05, 0) is 35.9 Å². The second-order valence-electron chi connectivity index (χ2n) is 3.97. The lowest BCUT2D eigenvalue weighted by Gasteiger charge is -2.10. The van der Waals surface area contributed by atoms with Gasteiger partial charge in [0, 0.05) is 11.4 Å². The van der Waals surface area contributed by atoms with Crippen LogP contribution in [0.1, 0.15) is 5.56 Å². The SMILES string of the molecule is N#CCc1cc(Nc2cccc(F)c2F)ccc1N. The van der Waals surface area contributed by atoms with Crippen molar-refractivity contribution >= 4 is 17.1 Å². The third kappa shape index (κ3) is 2.80. The molecule has 3 nitrogen and oxygen atoms in total. The predicted octanol–water partition coefficient (Wildman–Crippen LogP) is 3.36. The van der Waals surface area contributed by atoms with Crippen LogP contribution >= 0.6 is 0 Å². The van der Waals surface area contributed by atoms with Crippen LogP contribution in [0.15, 0.2) is 36.4 Å². The molecule has 2 aromatic carbocycles. The molecule has 0 heterocycles. The summed E-state index contributed by atoms with van der Waals surface area (Å²) >= 11 is 0. The Labute approximate surface area is 109 Å². The molecule has 2 rings (SSSR count). The van der Waals surface area contributed by atoms with Crippen molar-refractivity contribution in [2.45, 2.75) is 6.42 Å². The van der Waals surface area contributed by atoms with Crippen molar-refractivity contribution in [3.63, 3.8) is 0 Å². The van der Waals surface area contributed by atoms with Crippen LogP contribution in [0.4, 0.5) is 25.8 Å². The molecular weight excluding hydrogens is 248 g/mol. The minimum atomic E-state index is -0.943. The largest absolute Gasteiger partial charge is 0.398 e. The van der Waals surface area contributed by atoms with Crippen molar-refractivity contribution in [1.29, 1.82) is 5.26 Å². The zero-order chi connectivity index (χ0) is 13.8. The van der Waals surface area contributed by atoms with Gasteiger partial charge in [-0.15, -0.1) is 0 Å². The number of halogens is 2. The lowest BCUT2D eigenvalue weighted by molar-refractivity contribution is 0.512. The zero-order valence-electron chi connectivity index (χ0n) is 9.95. The molecule has 0 saturated heterocycles. The highest BCUT2D eigenvalue weighted by Crippen LogP contribution is 2.24. The summed E-state index contributed by atoms with van der Waals surface area (Å²) < 4.78 is 26.6. The molecule has 2 aromatic rings. The maximum Gasteiger partial charge on any atom is 0.182 e. The van der Waals surface area contributed by atoms with Crippen LogP contribution in [0.5, 0.6) is 0 Å². The van der Waals surface area contributed by atoms with E-state index in [1.165, 1.54) is 12.1 Å². The number of hydrogen-bond donors (Lipinski definition) is 2. The van der Waals surface area contributed by atoms with Gasteiger partial charge in [-0.2, -0.15) is 5.26 Å². The maximum atomic E-state index is 13.5. The number of benzene rings is 2. The van der Waals surface area contributed by atoms with Crippen LogP contribution in [0.25, 0.3) is 0 Å². The summed E-state index contributed by atoms with van der Waals surface area (Å²) in [5, 5.41) is 11.4. The Kier molecular flexibility index (Phi) is 3.62. The van der Waals surface area contributed by atoms with E-state index in [1.54, 1.807) is 18.2 Å². The summed E-state index contributed by atoms with van der Waals surface area (Å²) in [6, 6.07) is 10.8. The standard InChI is InChI=1S/C14H11F2N3/c15-11-2-1-3-13(14(11)16)19-10-4-5-12(18)9(8-10)6-7-17/h1-5,8,19H,6,18H2. The number of nitriles is 1. The second kappa shape index (κ2) is 5.36. The van der Waals surface area contributed by atoms with Gasteiger partial charge in [0.2, 0.25) is 0 Å². The van der Waals surface area contributed by atoms with Gasteiger partial charge < -0.3 is 11.1 Å². The fourth-order valence-electron chi connectivity index (χ4n) is 1.68. The quantitative estimate of drug-likeness (QED) is 0.831. The third-order valence-electron chi connectivity index (χ3n) is 2.64. The highest BCUT2D eigenvalue weighted by atomic mass is 19.2. The van der Waals surface area contributed by atoms with E-state index in [0.29, 0.717) is 16.9 Å². The van der Waals surface area contributed by atoms with Crippen LogP contribution in [0.3, 0.4) is 0 Å². The van der Waals surface area contributed by atoms with Crippen LogP contribution < -0.4 is 11.1 Å². The van der Waals surface area contributed by atoms with Gasteiger partial charge in [-0.1, -0.05) is 6.07 Å². The van der Waals surface area contributed by atoms with Gasteiger partial charge in [0.25, 0.3) is 0 Å². The number of nitrogens with one attached hydrogen (secondary N) is 1. The van der Waals surface area contributed by atoms with Gasteiger partial charge in [0.15, 0.2) is 11.6 Å². The molecule has 0 radical (unpaired) electrons. The van der Waals surface area contributed by atoms with Gasteiger partial charge in [-0.25, -0.2) is 8.78 Å². The summed E-state index contributed by atoms with van der Waals surface area (Å²) in [4.78, 5) is 0. The first-order chi connectivity index (χ1) is 9.11. The minimum absolute atomic E-state index is 0.0349. The van der Waals surface area contributed by atoms with E-state index in [4.69, 9.17) is 11.0 Å².